The Morgan fingerprint density at radius 1 is 0.516 bits per heavy atom. The van der Waals surface area contributed by atoms with Crippen LogP contribution in [0.15, 0.2) is 84.9 Å². The minimum absolute atomic E-state index is 0.239. The van der Waals surface area contributed by atoms with Crippen molar-refractivity contribution in [3.8, 4) is 33.6 Å². The first-order valence-corrected chi connectivity index (χ1v) is 10.2. The summed E-state index contributed by atoms with van der Waals surface area (Å²) < 4.78 is 13.5. The summed E-state index contributed by atoms with van der Waals surface area (Å²) in [6.45, 7) is 0. The normalized spacial score (nSPS) is 10.7. The summed E-state index contributed by atoms with van der Waals surface area (Å²) in [5.41, 5.74) is 8.10. The molecule has 31 heavy (non-hydrogen) atoms. The molecule has 0 saturated heterocycles. The number of benzene rings is 3. The van der Waals surface area contributed by atoms with Gasteiger partial charge in [0.15, 0.2) is 0 Å². The van der Waals surface area contributed by atoms with Crippen molar-refractivity contribution in [1.82, 2.24) is 4.98 Å². The summed E-state index contributed by atoms with van der Waals surface area (Å²) in [5, 5.41) is 0. The number of aromatic nitrogens is 1. The third-order valence-corrected chi connectivity index (χ3v) is 5.36. The van der Waals surface area contributed by atoms with Gasteiger partial charge in [0.25, 0.3) is 0 Å². The zero-order valence-electron chi connectivity index (χ0n) is 18.3. The maximum absolute atomic E-state index is 13.5. The van der Waals surface area contributed by atoms with Crippen LogP contribution in [0.25, 0.3) is 33.6 Å². The molecular formula is C27H26FN3. The lowest BCUT2D eigenvalue weighted by Gasteiger charge is -2.15. The molecule has 3 nitrogen and oxygen atoms in total. The number of hydrogen-bond donors (Lipinski definition) is 0. The molecule has 0 unspecified atom stereocenters. The predicted octanol–water partition coefficient (Wildman–Crippen LogP) is 6.35. The first-order valence-electron chi connectivity index (χ1n) is 10.2. The number of halogens is 1. The number of nitrogens with zero attached hydrogens (tertiary/aromatic N) is 3. The van der Waals surface area contributed by atoms with Crippen molar-refractivity contribution in [2.75, 3.05) is 38.0 Å². The van der Waals surface area contributed by atoms with E-state index in [0.717, 1.165) is 45.0 Å². The average Bonchev–Trinajstić information content (AvgIpc) is 2.79. The Morgan fingerprint density at radius 2 is 0.903 bits per heavy atom. The van der Waals surface area contributed by atoms with E-state index in [1.165, 1.54) is 12.1 Å². The molecule has 0 saturated carbocycles. The van der Waals surface area contributed by atoms with E-state index in [1.807, 2.05) is 40.3 Å². The van der Waals surface area contributed by atoms with Gasteiger partial charge in [-0.3, -0.25) is 0 Å². The topological polar surface area (TPSA) is 19.4 Å². The van der Waals surface area contributed by atoms with Gasteiger partial charge < -0.3 is 9.80 Å². The van der Waals surface area contributed by atoms with Crippen LogP contribution in [0, 0.1) is 5.82 Å². The second-order valence-corrected chi connectivity index (χ2v) is 8.02. The van der Waals surface area contributed by atoms with Crippen molar-refractivity contribution in [3.63, 3.8) is 0 Å². The van der Waals surface area contributed by atoms with Gasteiger partial charge in [0.1, 0.15) is 5.82 Å². The maximum Gasteiger partial charge on any atom is 0.123 e. The third kappa shape index (κ3) is 4.58. The van der Waals surface area contributed by atoms with E-state index in [1.54, 1.807) is 0 Å². The highest BCUT2D eigenvalue weighted by molar-refractivity contribution is 5.77. The smallest absolute Gasteiger partial charge is 0.123 e. The summed E-state index contributed by atoms with van der Waals surface area (Å²) in [5.74, 6) is -0.239. The third-order valence-electron chi connectivity index (χ3n) is 5.36. The van der Waals surface area contributed by atoms with Crippen molar-refractivity contribution in [1.29, 1.82) is 0 Å². The molecule has 1 aromatic heterocycles. The minimum atomic E-state index is -0.239. The monoisotopic (exact) mass is 411 g/mol. The molecule has 4 heteroatoms. The van der Waals surface area contributed by atoms with Gasteiger partial charge in [-0.25, -0.2) is 9.37 Å². The highest BCUT2D eigenvalue weighted by Gasteiger charge is 2.10. The summed E-state index contributed by atoms with van der Waals surface area (Å²) in [7, 11) is 8.10. The number of pyridine rings is 1. The van der Waals surface area contributed by atoms with Gasteiger partial charge in [-0.15, -0.1) is 0 Å². The Labute approximate surface area is 183 Å². The molecule has 0 N–H and O–H groups in total. The molecule has 0 aliphatic heterocycles. The SMILES string of the molecule is CN(C)c1ccc(-c2cc(-c3ccc(F)cc3)cc(-c3ccc(N(C)C)cc3)n2)cc1. The molecule has 0 bridgehead atoms. The van der Waals surface area contributed by atoms with Crippen LogP contribution in [0.1, 0.15) is 0 Å². The van der Waals surface area contributed by atoms with E-state index in [2.05, 4.69) is 70.5 Å². The Kier molecular flexibility index (Phi) is 5.72. The molecule has 4 aromatic rings. The fraction of sp³-hybridized carbons (Fsp3) is 0.148. The lowest BCUT2D eigenvalue weighted by atomic mass is 9.99. The summed E-state index contributed by atoms with van der Waals surface area (Å²) in [6.07, 6.45) is 0. The molecule has 1 heterocycles. The fourth-order valence-electron chi connectivity index (χ4n) is 3.50. The van der Waals surface area contributed by atoms with E-state index in [0.29, 0.717) is 0 Å². The standard InChI is InChI=1S/C27H26FN3/c1-30(2)24-13-7-20(8-14-24)26-17-22(19-5-11-23(28)12-6-19)18-27(29-26)21-9-15-25(16-10-21)31(3)4/h5-18H,1-4H3. The quantitative estimate of drug-likeness (QED) is 0.381. The van der Waals surface area contributed by atoms with Crippen molar-refractivity contribution in [2.45, 2.75) is 0 Å². The molecule has 0 atom stereocenters. The summed E-state index contributed by atoms with van der Waals surface area (Å²) in [6, 6.07) is 27.4. The van der Waals surface area contributed by atoms with E-state index < -0.39 is 0 Å². The van der Waals surface area contributed by atoms with Crippen molar-refractivity contribution < 1.29 is 4.39 Å². The van der Waals surface area contributed by atoms with Gasteiger partial charge in [0.05, 0.1) is 11.4 Å². The van der Waals surface area contributed by atoms with E-state index in [4.69, 9.17) is 4.98 Å². The number of anilines is 2. The Balaban J connectivity index is 1.83. The molecular weight excluding hydrogens is 385 g/mol. The van der Waals surface area contributed by atoms with Gasteiger partial charge >= 0.3 is 0 Å². The Bertz CT molecular complexity index is 1090. The Hall–Kier alpha value is -3.66. The van der Waals surface area contributed by atoms with E-state index >= 15 is 0 Å². The van der Waals surface area contributed by atoms with Gasteiger partial charge in [0, 0.05) is 50.7 Å². The van der Waals surface area contributed by atoms with Crippen LogP contribution in [0.5, 0.6) is 0 Å². The molecule has 3 aromatic carbocycles. The highest BCUT2D eigenvalue weighted by atomic mass is 19.1. The van der Waals surface area contributed by atoms with Gasteiger partial charge in [-0.05, 0) is 59.7 Å². The van der Waals surface area contributed by atoms with Gasteiger partial charge in [-0.1, -0.05) is 36.4 Å². The average molecular weight is 412 g/mol. The Morgan fingerprint density at radius 3 is 1.29 bits per heavy atom. The van der Waals surface area contributed by atoms with E-state index in [9.17, 15) is 4.39 Å². The van der Waals surface area contributed by atoms with Crippen LogP contribution in [0.3, 0.4) is 0 Å². The molecule has 4 rings (SSSR count). The predicted molar refractivity (Wildman–Crippen MR) is 129 cm³/mol. The van der Waals surface area contributed by atoms with Crippen LogP contribution in [0.2, 0.25) is 0 Å². The lowest BCUT2D eigenvalue weighted by Crippen LogP contribution is -2.08. The summed E-state index contributed by atoms with van der Waals surface area (Å²) >= 11 is 0. The van der Waals surface area contributed by atoms with Crippen molar-refractivity contribution >= 4 is 11.4 Å². The second-order valence-electron chi connectivity index (χ2n) is 8.02. The lowest BCUT2D eigenvalue weighted by molar-refractivity contribution is 0.628. The van der Waals surface area contributed by atoms with Gasteiger partial charge in [0.2, 0.25) is 0 Å². The molecule has 0 aliphatic rings. The van der Waals surface area contributed by atoms with Crippen LogP contribution < -0.4 is 9.80 Å². The largest absolute Gasteiger partial charge is 0.378 e. The van der Waals surface area contributed by atoms with Crippen molar-refractivity contribution in [3.05, 3.63) is 90.7 Å². The van der Waals surface area contributed by atoms with Crippen LogP contribution in [0.4, 0.5) is 15.8 Å². The molecule has 0 radical (unpaired) electrons. The van der Waals surface area contributed by atoms with Crippen molar-refractivity contribution in [2.24, 2.45) is 0 Å². The molecule has 0 fully saturated rings. The highest BCUT2D eigenvalue weighted by Crippen LogP contribution is 2.31. The van der Waals surface area contributed by atoms with Gasteiger partial charge in [-0.2, -0.15) is 0 Å². The first-order chi connectivity index (χ1) is 14.9. The van der Waals surface area contributed by atoms with Crippen LogP contribution in [-0.4, -0.2) is 33.2 Å². The number of hydrogen-bond acceptors (Lipinski definition) is 3. The molecule has 0 amide bonds. The van der Waals surface area contributed by atoms with E-state index in [-0.39, 0.29) is 5.82 Å². The first kappa shape index (κ1) is 20.6. The fourth-order valence-corrected chi connectivity index (χ4v) is 3.50. The number of rotatable bonds is 5. The molecule has 0 aliphatic carbocycles. The molecule has 0 spiro atoms. The van der Waals surface area contributed by atoms with Crippen LogP contribution in [-0.2, 0) is 0 Å². The minimum Gasteiger partial charge on any atom is -0.378 e. The maximum atomic E-state index is 13.5. The zero-order chi connectivity index (χ0) is 22.0. The summed E-state index contributed by atoms with van der Waals surface area (Å²) in [4.78, 5) is 9.11. The second kappa shape index (κ2) is 8.60. The van der Waals surface area contributed by atoms with Crippen LogP contribution >= 0.6 is 0 Å². The molecule has 156 valence electrons. The zero-order valence-corrected chi connectivity index (χ0v) is 18.3.